The van der Waals surface area contributed by atoms with Gasteiger partial charge in [0.2, 0.25) is 0 Å². The third kappa shape index (κ3) is 2.96. The highest BCUT2D eigenvalue weighted by atomic mass is 15.2. The predicted octanol–water partition coefficient (Wildman–Crippen LogP) is 2.10. The summed E-state index contributed by atoms with van der Waals surface area (Å²) < 4.78 is 0. The molecule has 0 aromatic heterocycles. The number of nitrogens with one attached hydrogen (secondary N) is 1. The van der Waals surface area contributed by atoms with E-state index < -0.39 is 0 Å². The van der Waals surface area contributed by atoms with Crippen molar-refractivity contribution in [1.82, 2.24) is 10.2 Å². The smallest absolute Gasteiger partial charge is 0.0252 e. The van der Waals surface area contributed by atoms with E-state index in [0.717, 1.165) is 13.1 Å². The van der Waals surface area contributed by atoms with E-state index in [1.807, 2.05) is 0 Å². The van der Waals surface area contributed by atoms with Gasteiger partial charge in [-0.05, 0) is 26.2 Å². The van der Waals surface area contributed by atoms with Crippen LogP contribution in [0, 0.1) is 5.41 Å². The van der Waals surface area contributed by atoms with Gasteiger partial charge in [-0.25, -0.2) is 0 Å². The van der Waals surface area contributed by atoms with E-state index >= 15 is 0 Å². The first kappa shape index (κ1) is 12.0. The van der Waals surface area contributed by atoms with Gasteiger partial charge in [-0.3, -0.25) is 4.90 Å². The van der Waals surface area contributed by atoms with E-state index in [9.17, 15) is 0 Å². The van der Waals surface area contributed by atoms with Crippen LogP contribution in [-0.2, 0) is 0 Å². The van der Waals surface area contributed by atoms with Crippen LogP contribution in [0.25, 0.3) is 0 Å². The summed E-state index contributed by atoms with van der Waals surface area (Å²) in [7, 11) is 0. The molecule has 0 aliphatic carbocycles. The maximum absolute atomic E-state index is 3.55. The molecule has 0 bridgehead atoms. The van der Waals surface area contributed by atoms with Gasteiger partial charge in [-0.15, -0.1) is 0 Å². The highest BCUT2D eigenvalue weighted by molar-refractivity contribution is 4.91. The molecule has 0 aromatic rings. The molecule has 2 heteroatoms. The first-order chi connectivity index (χ1) is 6.22. The van der Waals surface area contributed by atoms with Crippen LogP contribution < -0.4 is 5.32 Å². The van der Waals surface area contributed by atoms with Crippen LogP contribution in [0.15, 0.2) is 0 Å². The van der Waals surface area contributed by atoms with Gasteiger partial charge in [0.25, 0.3) is 0 Å². The predicted molar refractivity (Wildman–Crippen MR) is 62.6 cm³/mol. The summed E-state index contributed by atoms with van der Waals surface area (Å²) in [4.78, 5) is 2.61. The van der Waals surface area contributed by atoms with Crippen LogP contribution in [-0.4, -0.2) is 36.1 Å². The minimum atomic E-state index is 0.276. The average molecular weight is 198 g/mol. The normalized spacial score (nSPS) is 26.1. The summed E-state index contributed by atoms with van der Waals surface area (Å²) in [6.07, 6.45) is 0. The first-order valence-corrected chi connectivity index (χ1v) is 5.71. The molecule has 0 aromatic carbocycles. The van der Waals surface area contributed by atoms with Crippen molar-refractivity contribution in [3.63, 3.8) is 0 Å². The molecule has 1 unspecified atom stereocenters. The maximum atomic E-state index is 3.55. The second kappa shape index (κ2) is 3.82. The first-order valence-electron chi connectivity index (χ1n) is 5.71. The molecule has 14 heavy (non-hydrogen) atoms. The lowest BCUT2D eigenvalue weighted by atomic mass is 9.85. The maximum Gasteiger partial charge on any atom is 0.0252 e. The van der Waals surface area contributed by atoms with Crippen molar-refractivity contribution in [2.75, 3.05) is 19.6 Å². The van der Waals surface area contributed by atoms with Crippen LogP contribution in [0.1, 0.15) is 41.5 Å². The second-order valence-corrected chi connectivity index (χ2v) is 6.32. The van der Waals surface area contributed by atoms with E-state index in [-0.39, 0.29) is 5.54 Å². The van der Waals surface area contributed by atoms with Crippen molar-refractivity contribution in [1.29, 1.82) is 0 Å². The third-order valence-electron chi connectivity index (χ3n) is 3.40. The molecule has 1 saturated heterocycles. The molecule has 1 fully saturated rings. The van der Waals surface area contributed by atoms with Gasteiger partial charge in [0.15, 0.2) is 0 Å². The standard InChI is InChI=1S/C12H26N2/c1-10(11(2,3)4)14-8-7-13-12(5,6)9-14/h10,13H,7-9H2,1-6H3. The molecule has 2 nitrogen and oxygen atoms in total. The zero-order valence-corrected chi connectivity index (χ0v) is 10.6. The third-order valence-corrected chi connectivity index (χ3v) is 3.40. The van der Waals surface area contributed by atoms with Crippen LogP contribution in [0.3, 0.4) is 0 Å². The Balaban J connectivity index is 2.61. The van der Waals surface area contributed by atoms with E-state index in [1.54, 1.807) is 0 Å². The van der Waals surface area contributed by atoms with Gasteiger partial charge in [0.05, 0.1) is 0 Å². The Bertz CT molecular complexity index is 188. The number of hydrogen-bond donors (Lipinski definition) is 1. The molecule has 0 amide bonds. The van der Waals surface area contributed by atoms with Crippen LogP contribution in [0.4, 0.5) is 0 Å². The van der Waals surface area contributed by atoms with Crippen molar-refractivity contribution >= 4 is 0 Å². The van der Waals surface area contributed by atoms with E-state index in [1.165, 1.54) is 6.54 Å². The summed E-state index contributed by atoms with van der Waals surface area (Å²) in [6.45, 7) is 17.4. The average Bonchev–Trinajstić information content (AvgIpc) is 1.99. The van der Waals surface area contributed by atoms with Gasteiger partial charge in [0.1, 0.15) is 0 Å². The zero-order chi connectivity index (χ0) is 11.0. The minimum absolute atomic E-state index is 0.276. The lowest BCUT2D eigenvalue weighted by Crippen LogP contribution is -2.60. The molecule has 1 aliphatic heterocycles. The molecular formula is C12H26N2. The van der Waals surface area contributed by atoms with Crippen LogP contribution >= 0.6 is 0 Å². The number of rotatable bonds is 1. The Morgan fingerprint density at radius 3 is 2.29 bits per heavy atom. The Hall–Kier alpha value is -0.0800. The van der Waals surface area contributed by atoms with Gasteiger partial charge < -0.3 is 5.32 Å². The fourth-order valence-electron chi connectivity index (χ4n) is 2.06. The van der Waals surface area contributed by atoms with Gasteiger partial charge in [-0.1, -0.05) is 20.8 Å². The molecule has 1 N–H and O–H groups in total. The van der Waals surface area contributed by atoms with Crippen molar-refractivity contribution in [3.8, 4) is 0 Å². The summed E-state index contributed by atoms with van der Waals surface area (Å²) in [5.41, 5.74) is 0.658. The van der Waals surface area contributed by atoms with E-state index in [4.69, 9.17) is 0 Å². The summed E-state index contributed by atoms with van der Waals surface area (Å²) >= 11 is 0. The minimum Gasteiger partial charge on any atom is -0.309 e. The molecule has 1 rings (SSSR count). The molecule has 1 heterocycles. The molecule has 1 atom stereocenters. The summed E-state index contributed by atoms with van der Waals surface area (Å²) in [5.74, 6) is 0. The van der Waals surface area contributed by atoms with Gasteiger partial charge in [0, 0.05) is 31.2 Å². The molecular weight excluding hydrogens is 172 g/mol. The largest absolute Gasteiger partial charge is 0.309 e. The Labute approximate surface area is 89.1 Å². The summed E-state index contributed by atoms with van der Waals surface area (Å²) in [5, 5.41) is 3.55. The SMILES string of the molecule is CC(N1CCNC(C)(C)C1)C(C)(C)C. The van der Waals surface area contributed by atoms with Crippen molar-refractivity contribution in [2.45, 2.75) is 53.1 Å². The van der Waals surface area contributed by atoms with Crippen LogP contribution in [0.2, 0.25) is 0 Å². The molecule has 0 saturated carbocycles. The quantitative estimate of drug-likeness (QED) is 0.694. The Morgan fingerprint density at radius 1 is 1.29 bits per heavy atom. The Kier molecular flexibility index (Phi) is 3.27. The molecule has 1 aliphatic rings. The molecule has 84 valence electrons. The highest BCUT2D eigenvalue weighted by Crippen LogP contribution is 2.26. The van der Waals surface area contributed by atoms with Crippen LogP contribution in [0.5, 0.6) is 0 Å². The van der Waals surface area contributed by atoms with E-state index in [2.05, 4.69) is 51.8 Å². The molecule has 0 radical (unpaired) electrons. The highest BCUT2D eigenvalue weighted by Gasteiger charge is 2.32. The van der Waals surface area contributed by atoms with Crippen molar-refractivity contribution < 1.29 is 0 Å². The zero-order valence-electron chi connectivity index (χ0n) is 10.6. The number of piperazine rings is 1. The second-order valence-electron chi connectivity index (χ2n) is 6.32. The molecule has 0 spiro atoms. The fraction of sp³-hybridized carbons (Fsp3) is 1.00. The lowest BCUT2D eigenvalue weighted by Gasteiger charge is -2.46. The summed E-state index contributed by atoms with van der Waals surface area (Å²) in [6, 6.07) is 0.656. The van der Waals surface area contributed by atoms with E-state index in [0.29, 0.717) is 11.5 Å². The Morgan fingerprint density at radius 2 is 1.86 bits per heavy atom. The monoisotopic (exact) mass is 198 g/mol. The van der Waals surface area contributed by atoms with Crippen molar-refractivity contribution in [2.24, 2.45) is 5.41 Å². The fourth-order valence-corrected chi connectivity index (χ4v) is 2.06. The number of nitrogens with zero attached hydrogens (tertiary/aromatic N) is 1. The van der Waals surface area contributed by atoms with Gasteiger partial charge >= 0.3 is 0 Å². The lowest BCUT2D eigenvalue weighted by molar-refractivity contribution is 0.0603. The topological polar surface area (TPSA) is 15.3 Å². The van der Waals surface area contributed by atoms with Gasteiger partial charge in [-0.2, -0.15) is 0 Å². The number of hydrogen-bond acceptors (Lipinski definition) is 2. The van der Waals surface area contributed by atoms with Crippen molar-refractivity contribution in [3.05, 3.63) is 0 Å².